The number of hydrogen-bond donors (Lipinski definition) is 2. The number of nitrogens with one attached hydrogen (secondary N) is 1. The number of aldehydes is 1. The minimum atomic E-state index is -1.06. The van der Waals surface area contributed by atoms with Gasteiger partial charge >= 0.3 is 5.97 Å². The zero-order valence-electron chi connectivity index (χ0n) is 15.7. The molecule has 0 atom stereocenters. The van der Waals surface area contributed by atoms with Crippen molar-refractivity contribution in [2.75, 3.05) is 19.0 Å². The van der Waals surface area contributed by atoms with Crippen LogP contribution in [0.15, 0.2) is 54.9 Å². The Morgan fingerprint density at radius 3 is 2.59 bits per heavy atom. The van der Waals surface area contributed by atoms with Crippen molar-refractivity contribution in [3.05, 3.63) is 66.0 Å². The van der Waals surface area contributed by atoms with Gasteiger partial charge in [0.25, 0.3) is 0 Å². The molecule has 1 heterocycles. The number of carbonyl (C=O) groups is 2. The van der Waals surface area contributed by atoms with Crippen LogP contribution in [0.25, 0.3) is 11.1 Å². The molecular formula is C21H19N3O5. The normalized spacial score (nSPS) is 10.2. The number of rotatable bonds is 9. The quantitative estimate of drug-likeness (QED) is 0.534. The summed E-state index contributed by atoms with van der Waals surface area (Å²) in [5.41, 5.74) is 3.13. The van der Waals surface area contributed by atoms with Gasteiger partial charge in [0.05, 0.1) is 7.11 Å². The van der Waals surface area contributed by atoms with E-state index in [1.165, 1.54) is 7.11 Å². The fourth-order valence-electron chi connectivity index (χ4n) is 2.63. The molecule has 8 nitrogen and oxygen atoms in total. The molecule has 3 aromatic rings. The molecule has 0 spiro atoms. The molecule has 2 aromatic carbocycles. The number of ether oxygens (including phenoxy) is 2. The lowest BCUT2D eigenvalue weighted by Gasteiger charge is -2.11. The van der Waals surface area contributed by atoms with Gasteiger partial charge in [-0.3, -0.25) is 4.79 Å². The van der Waals surface area contributed by atoms with E-state index in [1.54, 1.807) is 42.7 Å². The Balaban J connectivity index is 1.69. The summed E-state index contributed by atoms with van der Waals surface area (Å²) in [7, 11) is 1.48. The van der Waals surface area contributed by atoms with Crippen molar-refractivity contribution in [1.29, 1.82) is 0 Å². The first-order chi connectivity index (χ1) is 14.1. The Kier molecular flexibility index (Phi) is 6.36. The summed E-state index contributed by atoms with van der Waals surface area (Å²) in [5.74, 6) is 0.153. The van der Waals surface area contributed by atoms with Crippen molar-refractivity contribution in [1.82, 2.24) is 9.97 Å². The molecule has 1 aromatic heterocycles. The van der Waals surface area contributed by atoms with Gasteiger partial charge in [0.1, 0.15) is 6.29 Å². The highest BCUT2D eigenvalue weighted by molar-refractivity contribution is 5.75. The minimum Gasteiger partial charge on any atom is -0.493 e. The molecule has 0 amide bonds. The molecule has 148 valence electrons. The second kappa shape index (κ2) is 9.32. The van der Waals surface area contributed by atoms with E-state index in [9.17, 15) is 9.59 Å². The van der Waals surface area contributed by atoms with E-state index in [2.05, 4.69) is 15.3 Å². The molecule has 0 unspecified atom stereocenters. The van der Waals surface area contributed by atoms with Crippen LogP contribution in [0.4, 0.5) is 5.95 Å². The smallest absolute Gasteiger partial charge is 0.341 e. The molecule has 0 radical (unpaired) electrons. The van der Waals surface area contributed by atoms with Gasteiger partial charge in [0.15, 0.2) is 18.1 Å². The lowest BCUT2D eigenvalue weighted by molar-refractivity contribution is -0.139. The van der Waals surface area contributed by atoms with Crippen molar-refractivity contribution >= 4 is 18.2 Å². The van der Waals surface area contributed by atoms with Crippen LogP contribution in [0.2, 0.25) is 0 Å². The maximum absolute atomic E-state index is 10.9. The number of carboxylic acid groups (broad SMARTS) is 1. The van der Waals surface area contributed by atoms with E-state index in [4.69, 9.17) is 14.6 Å². The second-order valence-electron chi connectivity index (χ2n) is 6.06. The number of aliphatic carboxylic acids is 1. The molecule has 29 heavy (non-hydrogen) atoms. The number of aromatic nitrogens is 2. The lowest BCUT2D eigenvalue weighted by Crippen LogP contribution is -2.10. The SMILES string of the molecule is COc1cc(-c2cnc(NCc3cccc(C=O)c3)nc2)ccc1OCC(=O)O. The molecule has 0 aliphatic carbocycles. The Labute approximate surface area is 167 Å². The van der Waals surface area contributed by atoms with Gasteiger partial charge in [-0.15, -0.1) is 0 Å². The van der Waals surface area contributed by atoms with Crippen molar-refractivity contribution < 1.29 is 24.2 Å². The van der Waals surface area contributed by atoms with E-state index in [0.717, 1.165) is 23.0 Å². The predicted octanol–water partition coefficient (Wildman–Crippen LogP) is 3.04. The highest BCUT2D eigenvalue weighted by atomic mass is 16.5. The van der Waals surface area contributed by atoms with Crippen LogP contribution < -0.4 is 14.8 Å². The van der Waals surface area contributed by atoms with Crippen LogP contribution in [0, 0.1) is 0 Å². The fourth-order valence-corrected chi connectivity index (χ4v) is 2.63. The molecular weight excluding hydrogens is 374 g/mol. The molecule has 0 bridgehead atoms. The third-order valence-electron chi connectivity index (χ3n) is 4.04. The molecule has 2 N–H and O–H groups in total. The first kappa shape index (κ1) is 19.8. The molecule has 8 heteroatoms. The van der Waals surface area contributed by atoms with E-state index in [-0.39, 0.29) is 0 Å². The fraction of sp³-hybridized carbons (Fsp3) is 0.143. The maximum Gasteiger partial charge on any atom is 0.341 e. The van der Waals surface area contributed by atoms with Crippen molar-refractivity contribution in [2.24, 2.45) is 0 Å². The topological polar surface area (TPSA) is 111 Å². The predicted molar refractivity (Wildman–Crippen MR) is 106 cm³/mol. The number of carboxylic acids is 1. The number of anilines is 1. The van der Waals surface area contributed by atoms with Crippen LogP contribution >= 0.6 is 0 Å². The number of hydrogen-bond acceptors (Lipinski definition) is 7. The standard InChI is InChI=1S/C21H19N3O5/c1-28-19-8-16(5-6-18(19)29-13-20(26)27)17-10-23-21(24-11-17)22-9-14-3-2-4-15(7-14)12-25/h2-8,10-12H,9,13H2,1H3,(H,26,27)(H,22,23,24). The number of nitrogens with zero attached hydrogens (tertiary/aromatic N) is 2. The molecule has 0 saturated carbocycles. The van der Waals surface area contributed by atoms with Crippen molar-refractivity contribution in [3.8, 4) is 22.6 Å². The summed E-state index contributed by atoms with van der Waals surface area (Å²) in [4.78, 5) is 30.1. The minimum absolute atomic E-state index is 0.343. The van der Waals surface area contributed by atoms with Gasteiger partial charge in [-0.05, 0) is 29.3 Å². The van der Waals surface area contributed by atoms with Crippen molar-refractivity contribution in [2.45, 2.75) is 6.54 Å². The molecule has 0 fully saturated rings. The lowest BCUT2D eigenvalue weighted by atomic mass is 10.1. The Bertz CT molecular complexity index is 1010. The molecule has 0 aliphatic heterocycles. The summed E-state index contributed by atoms with van der Waals surface area (Å²) in [6.45, 7) is 0.0411. The monoisotopic (exact) mass is 393 g/mol. The number of methoxy groups -OCH3 is 1. The van der Waals surface area contributed by atoms with Crippen LogP contribution in [0.3, 0.4) is 0 Å². The van der Waals surface area contributed by atoms with E-state index in [0.29, 0.717) is 29.6 Å². The Hall–Kier alpha value is -3.94. The second-order valence-corrected chi connectivity index (χ2v) is 6.06. The van der Waals surface area contributed by atoms with Gasteiger partial charge in [-0.25, -0.2) is 14.8 Å². The van der Waals surface area contributed by atoms with Crippen LogP contribution in [0.1, 0.15) is 15.9 Å². The summed E-state index contributed by atoms with van der Waals surface area (Å²) in [6, 6.07) is 12.4. The Morgan fingerprint density at radius 2 is 1.90 bits per heavy atom. The van der Waals surface area contributed by atoms with E-state index < -0.39 is 12.6 Å². The van der Waals surface area contributed by atoms with Gasteiger partial charge in [0, 0.05) is 30.1 Å². The third-order valence-corrected chi connectivity index (χ3v) is 4.04. The average molecular weight is 393 g/mol. The molecule has 0 saturated heterocycles. The number of carbonyl (C=O) groups excluding carboxylic acids is 1. The first-order valence-electron chi connectivity index (χ1n) is 8.72. The van der Waals surface area contributed by atoms with Crippen LogP contribution in [0.5, 0.6) is 11.5 Å². The van der Waals surface area contributed by atoms with Crippen LogP contribution in [-0.2, 0) is 11.3 Å². The third kappa shape index (κ3) is 5.29. The maximum atomic E-state index is 10.9. The average Bonchev–Trinajstić information content (AvgIpc) is 2.76. The van der Waals surface area contributed by atoms with Gasteiger partial charge in [-0.1, -0.05) is 24.3 Å². The summed E-state index contributed by atoms with van der Waals surface area (Å²) >= 11 is 0. The van der Waals surface area contributed by atoms with E-state index >= 15 is 0 Å². The first-order valence-corrected chi connectivity index (χ1v) is 8.72. The van der Waals surface area contributed by atoms with Crippen LogP contribution in [-0.4, -0.2) is 41.0 Å². The van der Waals surface area contributed by atoms with E-state index in [1.807, 2.05) is 12.1 Å². The zero-order valence-corrected chi connectivity index (χ0v) is 15.7. The highest BCUT2D eigenvalue weighted by Gasteiger charge is 2.10. The van der Waals surface area contributed by atoms with Crippen molar-refractivity contribution in [3.63, 3.8) is 0 Å². The zero-order chi connectivity index (χ0) is 20.6. The highest BCUT2D eigenvalue weighted by Crippen LogP contribution is 2.32. The van der Waals surface area contributed by atoms with Gasteiger partial charge < -0.3 is 19.9 Å². The van der Waals surface area contributed by atoms with Gasteiger partial charge in [-0.2, -0.15) is 0 Å². The molecule has 3 rings (SSSR count). The summed E-state index contributed by atoms with van der Waals surface area (Å²) in [6.07, 6.45) is 4.15. The number of benzene rings is 2. The molecule has 0 aliphatic rings. The summed E-state index contributed by atoms with van der Waals surface area (Å²) in [5, 5.41) is 11.8. The largest absolute Gasteiger partial charge is 0.493 e. The Morgan fingerprint density at radius 1 is 1.10 bits per heavy atom. The van der Waals surface area contributed by atoms with Gasteiger partial charge in [0.2, 0.25) is 5.95 Å². The summed E-state index contributed by atoms with van der Waals surface area (Å²) < 4.78 is 10.5.